The summed E-state index contributed by atoms with van der Waals surface area (Å²) in [6, 6.07) is 8.66. The molecule has 0 spiro atoms. The molecule has 112 valence electrons. The van der Waals surface area contributed by atoms with Crippen LogP contribution >= 0.6 is 11.8 Å². The second kappa shape index (κ2) is 7.00. The van der Waals surface area contributed by atoms with E-state index in [1.807, 2.05) is 19.9 Å². The van der Waals surface area contributed by atoms with Gasteiger partial charge in [0.15, 0.2) is 11.6 Å². The molecule has 0 bridgehead atoms. The van der Waals surface area contributed by atoms with Gasteiger partial charge in [-0.2, -0.15) is 0 Å². The van der Waals surface area contributed by atoms with Crippen LogP contribution in [0.5, 0.6) is 0 Å². The minimum Gasteiger partial charge on any atom is -0.310 e. The van der Waals surface area contributed by atoms with Crippen LogP contribution < -0.4 is 5.32 Å². The zero-order valence-electron chi connectivity index (χ0n) is 11.8. The molecule has 0 unspecified atom stereocenters. The van der Waals surface area contributed by atoms with Crippen LogP contribution in [0.1, 0.15) is 19.4 Å². The average molecular weight is 311 g/mol. The van der Waals surface area contributed by atoms with Crippen LogP contribution in [0.15, 0.2) is 46.2 Å². The van der Waals surface area contributed by atoms with E-state index in [0.29, 0.717) is 16.3 Å². The van der Waals surface area contributed by atoms with Crippen LogP contribution in [0, 0.1) is 17.5 Å². The molecule has 1 nitrogen and oxygen atoms in total. The topological polar surface area (TPSA) is 12.0 Å². The van der Waals surface area contributed by atoms with Crippen molar-refractivity contribution in [2.45, 2.75) is 36.2 Å². The van der Waals surface area contributed by atoms with E-state index >= 15 is 0 Å². The summed E-state index contributed by atoms with van der Waals surface area (Å²) in [7, 11) is 0. The molecule has 2 rings (SSSR count). The molecule has 0 heterocycles. The molecule has 0 atom stereocenters. The lowest BCUT2D eigenvalue weighted by Gasteiger charge is -2.13. The lowest BCUT2D eigenvalue weighted by atomic mass is 10.2. The van der Waals surface area contributed by atoms with Gasteiger partial charge in [-0.25, -0.2) is 13.2 Å². The molecular weight excluding hydrogens is 295 g/mol. The standard InChI is InChI=1S/C16H16F3NS/c1-10(2)20-9-11-4-3-5-14(18)16(11)21-12-6-7-13(17)15(19)8-12/h3-8,10,20H,9H2,1-2H3. The molecule has 2 aromatic rings. The molecule has 0 fully saturated rings. The second-order valence-electron chi connectivity index (χ2n) is 4.94. The van der Waals surface area contributed by atoms with Gasteiger partial charge in [-0.1, -0.05) is 37.7 Å². The minimum atomic E-state index is -0.932. The number of rotatable bonds is 5. The maximum atomic E-state index is 14.0. The Morgan fingerprint density at radius 1 is 1.00 bits per heavy atom. The molecule has 0 saturated heterocycles. The summed E-state index contributed by atoms with van der Waals surface area (Å²) in [5, 5.41) is 3.22. The number of nitrogens with one attached hydrogen (secondary N) is 1. The highest BCUT2D eigenvalue weighted by Gasteiger charge is 2.12. The van der Waals surface area contributed by atoms with E-state index in [1.54, 1.807) is 6.07 Å². The predicted octanol–water partition coefficient (Wildman–Crippen LogP) is 4.75. The van der Waals surface area contributed by atoms with Crippen LogP contribution in [0.25, 0.3) is 0 Å². The van der Waals surface area contributed by atoms with E-state index in [1.165, 1.54) is 12.1 Å². The van der Waals surface area contributed by atoms with Crippen molar-refractivity contribution >= 4 is 11.8 Å². The van der Waals surface area contributed by atoms with Gasteiger partial charge < -0.3 is 5.32 Å². The van der Waals surface area contributed by atoms with Gasteiger partial charge in [0.1, 0.15) is 5.82 Å². The number of hydrogen-bond donors (Lipinski definition) is 1. The maximum Gasteiger partial charge on any atom is 0.159 e. The summed E-state index contributed by atoms with van der Waals surface area (Å²) in [5.41, 5.74) is 0.790. The van der Waals surface area contributed by atoms with Crippen molar-refractivity contribution in [3.63, 3.8) is 0 Å². The van der Waals surface area contributed by atoms with Gasteiger partial charge in [0.2, 0.25) is 0 Å². The van der Waals surface area contributed by atoms with E-state index in [4.69, 9.17) is 0 Å². The third-order valence-corrected chi connectivity index (χ3v) is 4.01. The molecule has 0 amide bonds. The fourth-order valence-corrected chi connectivity index (χ4v) is 2.75. The Morgan fingerprint density at radius 3 is 2.43 bits per heavy atom. The summed E-state index contributed by atoms with van der Waals surface area (Å²) in [6.45, 7) is 4.52. The first kappa shape index (κ1) is 15.9. The molecule has 21 heavy (non-hydrogen) atoms. The maximum absolute atomic E-state index is 14.0. The van der Waals surface area contributed by atoms with Gasteiger partial charge in [-0.3, -0.25) is 0 Å². The largest absolute Gasteiger partial charge is 0.310 e. The molecule has 2 aromatic carbocycles. The van der Waals surface area contributed by atoms with Gasteiger partial charge >= 0.3 is 0 Å². The lowest BCUT2D eigenvalue weighted by Crippen LogP contribution is -2.22. The smallest absolute Gasteiger partial charge is 0.159 e. The third-order valence-electron chi connectivity index (χ3n) is 2.86. The summed E-state index contributed by atoms with van der Waals surface area (Å²) in [6.07, 6.45) is 0. The normalized spacial score (nSPS) is 11.1. The molecular formula is C16H16F3NS. The van der Waals surface area contributed by atoms with Crippen LogP contribution in [-0.4, -0.2) is 6.04 Å². The molecule has 0 aromatic heterocycles. The molecule has 0 aliphatic carbocycles. The Hall–Kier alpha value is -1.46. The first-order chi connectivity index (χ1) is 9.97. The van der Waals surface area contributed by atoms with Gasteiger partial charge in [0, 0.05) is 17.5 Å². The Bertz CT molecular complexity index is 629. The third kappa shape index (κ3) is 4.25. The van der Waals surface area contributed by atoms with Crippen molar-refractivity contribution in [3.05, 3.63) is 59.4 Å². The zero-order chi connectivity index (χ0) is 15.4. The summed E-state index contributed by atoms with van der Waals surface area (Å²) in [5.74, 6) is -2.21. The molecule has 0 aliphatic rings. The van der Waals surface area contributed by atoms with Crippen molar-refractivity contribution in [2.24, 2.45) is 0 Å². The molecule has 1 N–H and O–H groups in total. The van der Waals surface area contributed by atoms with E-state index < -0.39 is 11.6 Å². The lowest BCUT2D eigenvalue weighted by molar-refractivity contribution is 0.506. The molecule has 5 heteroatoms. The fraction of sp³-hybridized carbons (Fsp3) is 0.250. The van der Waals surface area contributed by atoms with Gasteiger partial charge in [-0.05, 0) is 29.8 Å². The van der Waals surface area contributed by atoms with E-state index in [0.717, 1.165) is 29.5 Å². The Morgan fingerprint density at radius 2 is 1.76 bits per heavy atom. The van der Waals surface area contributed by atoms with E-state index in [2.05, 4.69) is 5.32 Å². The van der Waals surface area contributed by atoms with Gasteiger partial charge in [-0.15, -0.1) is 0 Å². The fourth-order valence-electron chi connectivity index (χ4n) is 1.78. The highest BCUT2D eigenvalue weighted by atomic mass is 32.2. The minimum absolute atomic E-state index is 0.273. The number of halogens is 3. The van der Waals surface area contributed by atoms with Crippen molar-refractivity contribution in [3.8, 4) is 0 Å². The van der Waals surface area contributed by atoms with E-state index in [9.17, 15) is 13.2 Å². The second-order valence-corrected chi connectivity index (χ2v) is 6.03. The van der Waals surface area contributed by atoms with E-state index in [-0.39, 0.29) is 11.9 Å². The van der Waals surface area contributed by atoms with Crippen LogP contribution in [0.4, 0.5) is 13.2 Å². The van der Waals surface area contributed by atoms with Crippen molar-refractivity contribution < 1.29 is 13.2 Å². The van der Waals surface area contributed by atoms with Crippen molar-refractivity contribution in [1.29, 1.82) is 0 Å². The van der Waals surface area contributed by atoms with Gasteiger partial charge in [0.25, 0.3) is 0 Å². The van der Waals surface area contributed by atoms with Crippen LogP contribution in [0.3, 0.4) is 0 Å². The SMILES string of the molecule is CC(C)NCc1cccc(F)c1Sc1ccc(F)c(F)c1. The highest BCUT2D eigenvalue weighted by Crippen LogP contribution is 2.33. The Balaban J connectivity index is 2.27. The number of hydrogen-bond acceptors (Lipinski definition) is 2. The summed E-state index contributed by atoms with van der Waals surface area (Å²) < 4.78 is 40.2. The summed E-state index contributed by atoms with van der Waals surface area (Å²) >= 11 is 1.09. The van der Waals surface area contributed by atoms with Crippen LogP contribution in [0.2, 0.25) is 0 Å². The van der Waals surface area contributed by atoms with Crippen molar-refractivity contribution in [2.75, 3.05) is 0 Å². The highest BCUT2D eigenvalue weighted by molar-refractivity contribution is 7.99. The van der Waals surface area contributed by atoms with Crippen molar-refractivity contribution in [1.82, 2.24) is 5.32 Å². The Kier molecular flexibility index (Phi) is 5.31. The average Bonchev–Trinajstić information content (AvgIpc) is 2.43. The first-order valence-electron chi connectivity index (χ1n) is 6.61. The number of benzene rings is 2. The molecule has 0 aliphatic heterocycles. The predicted molar refractivity (Wildman–Crippen MR) is 78.9 cm³/mol. The monoisotopic (exact) mass is 311 g/mol. The van der Waals surface area contributed by atoms with Crippen LogP contribution in [-0.2, 0) is 6.54 Å². The quantitative estimate of drug-likeness (QED) is 0.855. The molecule has 0 radical (unpaired) electrons. The zero-order valence-corrected chi connectivity index (χ0v) is 12.6. The molecule has 0 saturated carbocycles. The summed E-state index contributed by atoms with van der Waals surface area (Å²) in [4.78, 5) is 0.890. The Labute approximate surface area is 126 Å². The first-order valence-corrected chi connectivity index (χ1v) is 7.42. The van der Waals surface area contributed by atoms with Gasteiger partial charge in [0.05, 0.1) is 4.90 Å².